The van der Waals surface area contributed by atoms with Crippen molar-refractivity contribution in [3.05, 3.63) is 41.2 Å². The third-order valence-electron chi connectivity index (χ3n) is 5.71. The maximum atomic E-state index is 10.6. The molecule has 150 valence electrons. The van der Waals surface area contributed by atoms with Gasteiger partial charge in [-0.05, 0) is 50.0 Å². The van der Waals surface area contributed by atoms with E-state index in [2.05, 4.69) is 30.0 Å². The van der Waals surface area contributed by atoms with Crippen molar-refractivity contribution >= 4 is 14.0 Å². The van der Waals surface area contributed by atoms with Gasteiger partial charge in [0.2, 0.25) is 5.88 Å². The number of hydrogen-bond acceptors (Lipinski definition) is 5. The Labute approximate surface area is 167 Å². The number of nitrogens with zero attached hydrogens (tertiary/aromatic N) is 3. The minimum absolute atomic E-state index is 0.0596. The molecular formula is C21H29N3O3Si. The topological polar surface area (TPSA) is 79.9 Å². The number of aromatic hydroxyl groups is 1. The number of methoxy groups -OCH3 is 1. The lowest BCUT2D eigenvalue weighted by atomic mass is 9.97. The highest BCUT2D eigenvalue weighted by Gasteiger charge is 2.38. The summed E-state index contributed by atoms with van der Waals surface area (Å²) in [6, 6.07) is 7.70. The smallest absolute Gasteiger partial charge is 0.215 e. The minimum atomic E-state index is -2.31. The fourth-order valence-electron chi connectivity index (χ4n) is 3.32. The van der Waals surface area contributed by atoms with E-state index in [1.807, 2.05) is 39.1 Å². The van der Waals surface area contributed by atoms with Crippen LogP contribution in [0.25, 0.3) is 16.8 Å². The van der Waals surface area contributed by atoms with Crippen LogP contribution >= 0.6 is 0 Å². The summed E-state index contributed by atoms with van der Waals surface area (Å²) in [5, 5.41) is 14.5. The Morgan fingerprint density at radius 1 is 1.18 bits per heavy atom. The second kappa shape index (κ2) is 6.90. The highest BCUT2D eigenvalue weighted by molar-refractivity contribution is 6.72. The van der Waals surface area contributed by atoms with E-state index >= 15 is 0 Å². The lowest BCUT2D eigenvalue weighted by Crippen LogP contribution is -2.40. The first kappa shape index (κ1) is 20.4. The molecule has 1 aromatic carbocycles. The Morgan fingerprint density at radius 3 is 2.46 bits per heavy atom. The van der Waals surface area contributed by atoms with Gasteiger partial charge in [0.15, 0.2) is 14.0 Å². The molecule has 0 amide bonds. The number of rotatable bonds is 5. The van der Waals surface area contributed by atoms with Crippen LogP contribution in [-0.4, -0.2) is 39.9 Å². The maximum absolute atomic E-state index is 10.6. The fraction of sp³-hybridized carbons (Fsp3) is 0.429. The van der Waals surface area contributed by atoms with E-state index in [-0.39, 0.29) is 10.9 Å². The van der Waals surface area contributed by atoms with Crippen molar-refractivity contribution in [3.63, 3.8) is 0 Å². The number of hydrogen-bond donors (Lipinski definition) is 2. The summed E-state index contributed by atoms with van der Waals surface area (Å²) in [5.74, 6) is 0.788. The second-order valence-corrected chi connectivity index (χ2v) is 13.1. The van der Waals surface area contributed by atoms with Crippen molar-refractivity contribution in [1.29, 1.82) is 0 Å². The van der Waals surface area contributed by atoms with Gasteiger partial charge < -0.3 is 14.6 Å². The summed E-state index contributed by atoms with van der Waals surface area (Å²) in [6.45, 7) is 11.9. The van der Waals surface area contributed by atoms with Crippen molar-refractivity contribution in [2.24, 2.45) is 0 Å². The van der Waals surface area contributed by atoms with E-state index in [0.29, 0.717) is 5.65 Å². The van der Waals surface area contributed by atoms with Gasteiger partial charge in [0, 0.05) is 17.3 Å². The lowest BCUT2D eigenvalue weighted by molar-refractivity contribution is 0.415. The standard InChI is InChI=1S/C21H29N3O3Si/c1-13-10-18(25)24-20(22-13)19(14(2)23-24)16-9-8-15(11-17(16)27-5)12-21(3,4)28(6,7)26/h8-11,25-26H,12H2,1-7H3. The first-order chi connectivity index (χ1) is 12.9. The van der Waals surface area contributed by atoms with Crippen molar-refractivity contribution in [2.45, 2.75) is 52.2 Å². The summed E-state index contributed by atoms with van der Waals surface area (Å²) in [5.41, 5.74) is 4.93. The van der Waals surface area contributed by atoms with Crippen LogP contribution in [0.3, 0.4) is 0 Å². The predicted molar refractivity (Wildman–Crippen MR) is 114 cm³/mol. The molecule has 28 heavy (non-hydrogen) atoms. The summed E-state index contributed by atoms with van der Waals surface area (Å²) in [7, 11) is -0.663. The van der Waals surface area contributed by atoms with Crippen LogP contribution in [0.2, 0.25) is 18.1 Å². The SMILES string of the molecule is COc1cc(CC(C)(C)[Si](C)(C)O)ccc1-c1c(C)nn2c(O)cc(C)nc12. The van der Waals surface area contributed by atoms with Gasteiger partial charge >= 0.3 is 0 Å². The van der Waals surface area contributed by atoms with Gasteiger partial charge in [0.1, 0.15) is 5.75 Å². The van der Waals surface area contributed by atoms with Crippen LogP contribution < -0.4 is 4.74 Å². The summed E-state index contributed by atoms with van der Waals surface area (Å²) < 4.78 is 7.15. The van der Waals surface area contributed by atoms with Crippen LogP contribution in [0.15, 0.2) is 24.3 Å². The molecule has 0 atom stereocenters. The van der Waals surface area contributed by atoms with Crippen LogP contribution in [0.1, 0.15) is 30.8 Å². The molecule has 0 spiro atoms. The van der Waals surface area contributed by atoms with Crippen molar-refractivity contribution in [1.82, 2.24) is 14.6 Å². The zero-order valence-corrected chi connectivity index (χ0v) is 18.7. The van der Waals surface area contributed by atoms with E-state index in [1.165, 1.54) is 4.52 Å². The van der Waals surface area contributed by atoms with Crippen molar-refractivity contribution < 1.29 is 14.6 Å². The van der Waals surface area contributed by atoms with Gasteiger partial charge in [-0.3, -0.25) is 0 Å². The predicted octanol–water partition coefficient (Wildman–Crippen LogP) is 4.25. The molecule has 7 heteroatoms. The molecule has 0 bridgehead atoms. The van der Waals surface area contributed by atoms with Crippen LogP contribution in [-0.2, 0) is 6.42 Å². The minimum Gasteiger partial charge on any atom is -0.496 e. The third kappa shape index (κ3) is 3.52. The second-order valence-electron chi connectivity index (χ2n) is 8.61. The molecular weight excluding hydrogens is 370 g/mol. The van der Waals surface area contributed by atoms with Gasteiger partial charge in [-0.25, -0.2) is 4.98 Å². The van der Waals surface area contributed by atoms with Gasteiger partial charge in [-0.2, -0.15) is 9.61 Å². The Kier molecular flexibility index (Phi) is 5.01. The number of fused-ring (bicyclic) bond motifs is 1. The van der Waals surface area contributed by atoms with Crippen LogP contribution in [0.5, 0.6) is 11.6 Å². The summed E-state index contributed by atoms with van der Waals surface area (Å²) in [4.78, 5) is 15.2. The largest absolute Gasteiger partial charge is 0.496 e. The average molecular weight is 400 g/mol. The molecule has 0 saturated heterocycles. The Balaban J connectivity index is 2.12. The van der Waals surface area contributed by atoms with E-state index in [9.17, 15) is 9.90 Å². The molecule has 0 aliphatic carbocycles. The molecule has 0 saturated carbocycles. The number of ether oxygens (including phenoxy) is 1. The van der Waals surface area contributed by atoms with Gasteiger partial charge in [-0.1, -0.05) is 26.0 Å². The van der Waals surface area contributed by atoms with Gasteiger partial charge in [0.25, 0.3) is 0 Å². The Hall–Kier alpha value is -2.38. The summed E-state index contributed by atoms with van der Waals surface area (Å²) in [6.07, 6.45) is 0.769. The lowest BCUT2D eigenvalue weighted by Gasteiger charge is -2.35. The van der Waals surface area contributed by atoms with Gasteiger partial charge in [0.05, 0.1) is 18.4 Å². The highest BCUT2D eigenvalue weighted by atomic mass is 28.4. The fourth-order valence-corrected chi connectivity index (χ4v) is 3.96. The number of aromatic nitrogens is 3. The van der Waals surface area contributed by atoms with E-state index in [0.717, 1.165) is 40.2 Å². The monoisotopic (exact) mass is 399 g/mol. The van der Waals surface area contributed by atoms with Crippen LogP contribution in [0, 0.1) is 13.8 Å². The Morgan fingerprint density at radius 2 is 1.86 bits per heavy atom. The van der Waals surface area contributed by atoms with Crippen molar-refractivity contribution in [2.75, 3.05) is 7.11 Å². The highest BCUT2D eigenvalue weighted by Crippen LogP contribution is 2.41. The summed E-state index contributed by atoms with van der Waals surface area (Å²) >= 11 is 0. The molecule has 2 aromatic heterocycles. The molecule has 0 unspecified atom stereocenters. The van der Waals surface area contributed by atoms with Gasteiger partial charge in [-0.15, -0.1) is 0 Å². The van der Waals surface area contributed by atoms with Crippen LogP contribution in [0.4, 0.5) is 0 Å². The molecule has 0 fully saturated rings. The van der Waals surface area contributed by atoms with E-state index in [1.54, 1.807) is 13.2 Å². The maximum Gasteiger partial charge on any atom is 0.215 e. The zero-order chi connectivity index (χ0) is 20.9. The number of aryl methyl sites for hydroxylation is 2. The van der Waals surface area contributed by atoms with Crippen molar-refractivity contribution in [3.8, 4) is 22.8 Å². The molecule has 6 nitrogen and oxygen atoms in total. The zero-order valence-electron chi connectivity index (χ0n) is 17.7. The Bertz CT molecular complexity index is 1040. The molecule has 0 radical (unpaired) electrons. The normalized spacial score (nSPS) is 12.6. The average Bonchev–Trinajstić information content (AvgIpc) is 2.90. The van der Waals surface area contributed by atoms with E-state index in [4.69, 9.17) is 4.74 Å². The first-order valence-corrected chi connectivity index (χ1v) is 12.3. The number of benzene rings is 1. The third-order valence-corrected chi connectivity index (χ3v) is 9.20. The molecule has 2 N–H and O–H groups in total. The molecule has 3 rings (SSSR count). The quantitative estimate of drug-likeness (QED) is 0.627. The molecule has 0 aliphatic heterocycles. The first-order valence-electron chi connectivity index (χ1n) is 9.40. The molecule has 2 heterocycles. The molecule has 3 aromatic rings. The molecule has 0 aliphatic rings. The van der Waals surface area contributed by atoms with E-state index < -0.39 is 8.32 Å².